The zero-order chi connectivity index (χ0) is 16.2. The fourth-order valence-corrected chi connectivity index (χ4v) is 3.27. The third kappa shape index (κ3) is 4.18. The van der Waals surface area contributed by atoms with Crippen molar-refractivity contribution >= 4 is 0 Å². The molecule has 2 aromatic rings. The first-order valence-electron chi connectivity index (χ1n) is 8.25. The highest BCUT2D eigenvalue weighted by molar-refractivity contribution is 5.20. The predicted molar refractivity (Wildman–Crippen MR) is 87.5 cm³/mol. The number of aliphatic hydroxyl groups excluding tert-OH is 1. The number of β-amino-alcohol motifs (C(OH)–C–C–N with tert-alkyl or cyclic N) is 1. The summed E-state index contributed by atoms with van der Waals surface area (Å²) in [6, 6.07) is 6.47. The number of hydrogen-bond donors (Lipinski definition) is 1. The molecule has 0 radical (unpaired) electrons. The van der Waals surface area contributed by atoms with Gasteiger partial charge in [-0.05, 0) is 50.4 Å². The number of rotatable bonds is 5. The van der Waals surface area contributed by atoms with Crippen LogP contribution < -0.4 is 0 Å². The van der Waals surface area contributed by atoms with E-state index in [1.807, 2.05) is 10.9 Å². The molecule has 1 N–H and O–H groups in total. The largest absolute Gasteiger partial charge is 0.387 e. The summed E-state index contributed by atoms with van der Waals surface area (Å²) >= 11 is 0. The number of nitrogens with zero attached hydrogens (tertiary/aromatic N) is 3. The highest BCUT2D eigenvalue weighted by Crippen LogP contribution is 2.23. The first-order valence-corrected chi connectivity index (χ1v) is 8.25. The van der Waals surface area contributed by atoms with Gasteiger partial charge >= 0.3 is 0 Å². The molecule has 1 saturated heterocycles. The van der Waals surface area contributed by atoms with Gasteiger partial charge in [-0.25, -0.2) is 4.39 Å². The lowest BCUT2D eigenvalue weighted by atomic mass is 9.96. The second-order valence-corrected chi connectivity index (χ2v) is 6.52. The molecule has 2 heterocycles. The lowest BCUT2D eigenvalue weighted by Gasteiger charge is -2.33. The normalized spacial score (nSPS) is 18.2. The molecule has 1 aliphatic heterocycles. The number of benzene rings is 1. The molecule has 0 bridgehead atoms. The molecule has 1 aromatic heterocycles. The summed E-state index contributed by atoms with van der Waals surface area (Å²) in [7, 11) is 0. The van der Waals surface area contributed by atoms with Gasteiger partial charge in [0.15, 0.2) is 0 Å². The van der Waals surface area contributed by atoms with Crippen molar-refractivity contribution in [3.63, 3.8) is 0 Å². The van der Waals surface area contributed by atoms with Crippen LogP contribution in [0.25, 0.3) is 0 Å². The molecule has 5 heteroatoms. The van der Waals surface area contributed by atoms with Crippen LogP contribution in [0.3, 0.4) is 0 Å². The number of hydrogen-bond acceptors (Lipinski definition) is 3. The molecule has 0 amide bonds. The Balaban J connectivity index is 1.48. The SMILES string of the molecule is Cc1cnn(CC2CCN(C[C@H](O)c3ccccc3F)CC2)c1. The van der Waals surface area contributed by atoms with Crippen molar-refractivity contribution < 1.29 is 9.50 Å². The van der Waals surface area contributed by atoms with Crippen LogP contribution in [0.2, 0.25) is 0 Å². The van der Waals surface area contributed by atoms with Gasteiger partial charge in [-0.2, -0.15) is 5.10 Å². The zero-order valence-corrected chi connectivity index (χ0v) is 13.5. The Kier molecular flexibility index (Phi) is 5.08. The summed E-state index contributed by atoms with van der Waals surface area (Å²) in [6.07, 6.45) is 5.38. The average Bonchev–Trinajstić information content (AvgIpc) is 2.95. The van der Waals surface area contributed by atoms with Crippen molar-refractivity contribution in [2.24, 2.45) is 5.92 Å². The predicted octanol–water partition coefficient (Wildman–Crippen LogP) is 2.78. The van der Waals surface area contributed by atoms with E-state index < -0.39 is 6.10 Å². The van der Waals surface area contributed by atoms with E-state index in [1.54, 1.807) is 18.2 Å². The van der Waals surface area contributed by atoms with Gasteiger partial charge in [-0.3, -0.25) is 4.68 Å². The van der Waals surface area contributed by atoms with Crippen molar-refractivity contribution in [1.29, 1.82) is 0 Å². The Morgan fingerprint density at radius 1 is 1.30 bits per heavy atom. The number of halogens is 1. The maximum Gasteiger partial charge on any atom is 0.129 e. The molecule has 0 spiro atoms. The van der Waals surface area contributed by atoms with Gasteiger partial charge in [-0.15, -0.1) is 0 Å². The van der Waals surface area contributed by atoms with Crippen molar-refractivity contribution in [1.82, 2.24) is 14.7 Å². The van der Waals surface area contributed by atoms with Gasteiger partial charge in [-0.1, -0.05) is 18.2 Å². The van der Waals surface area contributed by atoms with Crippen LogP contribution in [-0.4, -0.2) is 39.4 Å². The molecule has 0 aliphatic carbocycles. The summed E-state index contributed by atoms with van der Waals surface area (Å²) in [5, 5.41) is 14.6. The van der Waals surface area contributed by atoms with E-state index in [0.29, 0.717) is 18.0 Å². The molecule has 1 aromatic carbocycles. The molecular weight excluding hydrogens is 293 g/mol. The van der Waals surface area contributed by atoms with Gasteiger partial charge in [0.2, 0.25) is 0 Å². The van der Waals surface area contributed by atoms with Crippen LogP contribution >= 0.6 is 0 Å². The molecule has 124 valence electrons. The topological polar surface area (TPSA) is 41.3 Å². The Hall–Kier alpha value is -1.72. The number of aromatic nitrogens is 2. The van der Waals surface area contributed by atoms with Gasteiger partial charge < -0.3 is 10.0 Å². The van der Waals surface area contributed by atoms with Crippen molar-refractivity contribution in [2.45, 2.75) is 32.4 Å². The highest BCUT2D eigenvalue weighted by atomic mass is 19.1. The van der Waals surface area contributed by atoms with Crippen LogP contribution in [0.1, 0.15) is 30.1 Å². The first-order chi connectivity index (χ1) is 11.1. The van der Waals surface area contributed by atoms with Crippen LogP contribution in [0.5, 0.6) is 0 Å². The summed E-state index contributed by atoms with van der Waals surface area (Å²) in [5.41, 5.74) is 1.58. The van der Waals surface area contributed by atoms with Crippen LogP contribution in [-0.2, 0) is 6.54 Å². The third-order valence-corrected chi connectivity index (χ3v) is 4.61. The van der Waals surface area contributed by atoms with Gasteiger partial charge in [0.25, 0.3) is 0 Å². The zero-order valence-electron chi connectivity index (χ0n) is 13.5. The molecule has 23 heavy (non-hydrogen) atoms. The number of aryl methyl sites for hydroxylation is 1. The molecule has 1 fully saturated rings. The Labute approximate surface area is 136 Å². The van der Waals surface area contributed by atoms with E-state index in [2.05, 4.69) is 23.1 Å². The maximum absolute atomic E-state index is 13.7. The molecule has 3 rings (SSSR count). The minimum absolute atomic E-state index is 0.330. The summed E-state index contributed by atoms with van der Waals surface area (Å²) in [6.45, 7) is 5.38. The lowest BCUT2D eigenvalue weighted by Crippen LogP contribution is -2.37. The quantitative estimate of drug-likeness (QED) is 0.922. The number of piperidine rings is 1. The molecule has 4 nitrogen and oxygen atoms in total. The van der Waals surface area contributed by atoms with Gasteiger partial charge in [0, 0.05) is 24.8 Å². The van der Waals surface area contributed by atoms with Crippen molar-refractivity contribution in [3.8, 4) is 0 Å². The minimum atomic E-state index is -0.762. The molecule has 0 unspecified atom stereocenters. The van der Waals surface area contributed by atoms with E-state index in [0.717, 1.165) is 32.5 Å². The Bertz CT molecular complexity index is 635. The average molecular weight is 317 g/mol. The van der Waals surface area contributed by atoms with E-state index >= 15 is 0 Å². The first kappa shape index (κ1) is 16.1. The van der Waals surface area contributed by atoms with Crippen LogP contribution in [0, 0.1) is 18.7 Å². The maximum atomic E-state index is 13.7. The van der Waals surface area contributed by atoms with Crippen molar-refractivity contribution in [2.75, 3.05) is 19.6 Å². The Morgan fingerprint density at radius 2 is 2.04 bits per heavy atom. The van der Waals surface area contributed by atoms with E-state index in [1.165, 1.54) is 11.6 Å². The summed E-state index contributed by atoms with van der Waals surface area (Å²) < 4.78 is 15.7. The number of likely N-dealkylation sites (tertiary alicyclic amines) is 1. The minimum Gasteiger partial charge on any atom is -0.387 e. The van der Waals surface area contributed by atoms with Gasteiger partial charge in [0.1, 0.15) is 5.82 Å². The summed E-state index contributed by atoms with van der Waals surface area (Å²) in [4.78, 5) is 2.22. The standard InChI is InChI=1S/C18H24FN3O/c1-14-10-20-22(11-14)12-15-6-8-21(9-7-15)13-18(23)16-4-2-3-5-17(16)19/h2-5,10-11,15,18,23H,6-9,12-13H2,1H3/t18-/m0/s1. The fourth-order valence-electron chi connectivity index (χ4n) is 3.27. The third-order valence-electron chi connectivity index (χ3n) is 4.61. The van der Waals surface area contributed by atoms with E-state index in [-0.39, 0.29) is 5.82 Å². The smallest absolute Gasteiger partial charge is 0.129 e. The van der Waals surface area contributed by atoms with Crippen LogP contribution in [0.4, 0.5) is 4.39 Å². The van der Waals surface area contributed by atoms with E-state index in [4.69, 9.17) is 0 Å². The van der Waals surface area contributed by atoms with Crippen LogP contribution in [0.15, 0.2) is 36.7 Å². The second kappa shape index (κ2) is 7.23. The number of aliphatic hydroxyl groups is 1. The fraction of sp³-hybridized carbons (Fsp3) is 0.500. The Morgan fingerprint density at radius 3 is 2.70 bits per heavy atom. The summed E-state index contributed by atoms with van der Waals surface area (Å²) in [5.74, 6) is 0.292. The van der Waals surface area contributed by atoms with Gasteiger partial charge in [0.05, 0.1) is 12.3 Å². The molecular formula is C18H24FN3O. The molecule has 0 saturated carbocycles. The van der Waals surface area contributed by atoms with E-state index in [9.17, 15) is 9.50 Å². The second-order valence-electron chi connectivity index (χ2n) is 6.52. The molecule has 1 aliphatic rings. The lowest BCUT2D eigenvalue weighted by molar-refractivity contribution is 0.0839. The monoisotopic (exact) mass is 317 g/mol. The molecule has 1 atom stereocenters. The van der Waals surface area contributed by atoms with Crippen molar-refractivity contribution in [3.05, 3.63) is 53.6 Å². The highest BCUT2D eigenvalue weighted by Gasteiger charge is 2.23.